The van der Waals surface area contributed by atoms with Gasteiger partial charge in [0, 0.05) is 47.3 Å². The zero-order chi connectivity index (χ0) is 24.9. The van der Waals surface area contributed by atoms with Crippen LogP contribution in [0.1, 0.15) is 32.3 Å². The fourth-order valence-corrected chi connectivity index (χ4v) is 4.57. The summed E-state index contributed by atoms with van der Waals surface area (Å²) in [6.07, 6.45) is 4.58. The van der Waals surface area contributed by atoms with Crippen LogP contribution in [0, 0.1) is 5.92 Å². The van der Waals surface area contributed by atoms with Crippen LogP contribution in [0.15, 0.2) is 53.2 Å². The molecule has 1 aliphatic heterocycles. The summed E-state index contributed by atoms with van der Waals surface area (Å²) in [5.41, 5.74) is 4.15. The van der Waals surface area contributed by atoms with Crippen molar-refractivity contribution in [1.82, 2.24) is 4.90 Å². The molecule has 1 fully saturated rings. The molecule has 1 aliphatic rings. The topological polar surface area (TPSA) is 78.2 Å². The lowest BCUT2D eigenvalue weighted by molar-refractivity contribution is -0.148. The van der Waals surface area contributed by atoms with E-state index in [-0.39, 0.29) is 17.8 Å². The number of amides is 1. The molecule has 1 amide bonds. The van der Waals surface area contributed by atoms with Crippen LogP contribution >= 0.6 is 0 Å². The molecule has 0 aliphatic carbocycles. The summed E-state index contributed by atoms with van der Waals surface area (Å²) in [5, 5.41) is 0.909. The summed E-state index contributed by atoms with van der Waals surface area (Å²) >= 11 is 0. The van der Waals surface area contributed by atoms with Crippen LogP contribution in [0.2, 0.25) is 0 Å². The second-order valence-corrected chi connectivity index (χ2v) is 8.58. The molecule has 0 N–H and O–H groups in total. The third kappa shape index (κ3) is 5.04. The molecule has 0 radical (unpaired) electrons. The lowest BCUT2D eigenvalue weighted by Gasteiger charge is -2.30. The van der Waals surface area contributed by atoms with Gasteiger partial charge in [-0.15, -0.1) is 0 Å². The number of likely N-dealkylation sites (tertiary alicyclic amines) is 1. The summed E-state index contributed by atoms with van der Waals surface area (Å²) in [6, 6.07) is 11.7. The molecule has 0 spiro atoms. The number of nitrogens with zero attached hydrogens (tertiary/aromatic N) is 1. The summed E-state index contributed by atoms with van der Waals surface area (Å²) in [4.78, 5) is 26.6. The van der Waals surface area contributed by atoms with Gasteiger partial charge in [-0.2, -0.15) is 0 Å². The first kappa shape index (κ1) is 24.4. The molecule has 3 aromatic rings. The Morgan fingerprint density at radius 1 is 1.09 bits per heavy atom. The van der Waals surface area contributed by atoms with Crippen molar-refractivity contribution in [2.45, 2.75) is 26.7 Å². The molecule has 7 heteroatoms. The highest BCUT2D eigenvalue weighted by atomic mass is 16.5. The monoisotopic (exact) mass is 477 g/mol. The number of benzene rings is 2. The number of esters is 1. The van der Waals surface area contributed by atoms with Gasteiger partial charge >= 0.3 is 5.97 Å². The van der Waals surface area contributed by atoms with Crippen molar-refractivity contribution < 1.29 is 28.2 Å². The average Bonchev–Trinajstić information content (AvgIpc) is 3.30. The Morgan fingerprint density at radius 2 is 1.83 bits per heavy atom. The predicted molar refractivity (Wildman–Crippen MR) is 134 cm³/mol. The number of furan rings is 1. The van der Waals surface area contributed by atoms with Crippen molar-refractivity contribution >= 4 is 28.4 Å². The van der Waals surface area contributed by atoms with E-state index in [0.717, 1.165) is 33.4 Å². The van der Waals surface area contributed by atoms with Crippen molar-refractivity contribution in [3.8, 4) is 22.6 Å². The molecule has 1 aromatic heterocycles. The summed E-state index contributed by atoms with van der Waals surface area (Å²) < 4.78 is 22.2. The lowest BCUT2D eigenvalue weighted by Crippen LogP contribution is -2.39. The van der Waals surface area contributed by atoms with Gasteiger partial charge < -0.3 is 23.5 Å². The summed E-state index contributed by atoms with van der Waals surface area (Å²) in [7, 11) is 3.05. The Bertz CT molecular complexity index is 1250. The normalized spacial score (nSPS) is 14.7. The standard InChI is InChI=1S/C28H31NO6/c1-5-34-25-16-26-22(23(17-35-26)20-8-6-7-9-24(20)32-3)15-21(25)18(2)14-27(30)29-12-10-19(11-13-29)28(31)33-4/h6-9,14-17,19H,5,10-13H2,1-4H3/b18-14+. The summed E-state index contributed by atoms with van der Waals surface area (Å²) in [6.45, 7) is 5.37. The van der Waals surface area contributed by atoms with Gasteiger partial charge in [-0.05, 0) is 44.4 Å². The van der Waals surface area contributed by atoms with Crippen LogP contribution in [0.3, 0.4) is 0 Å². The molecule has 0 saturated carbocycles. The third-order valence-corrected chi connectivity index (χ3v) is 6.48. The van der Waals surface area contributed by atoms with Crippen LogP contribution in [0.4, 0.5) is 0 Å². The Morgan fingerprint density at radius 3 is 2.51 bits per heavy atom. The number of allylic oxidation sites excluding steroid dienone is 1. The molecule has 1 saturated heterocycles. The molecule has 0 unspecified atom stereocenters. The summed E-state index contributed by atoms with van der Waals surface area (Å²) in [5.74, 6) is 0.987. The van der Waals surface area contributed by atoms with Crippen molar-refractivity contribution in [3.05, 3.63) is 54.3 Å². The minimum absolute atomic E-state index is 0.0782. The number of para-hydroxylation sites is 1. The van der Waals surface area contributed by atoms with Gasteiger partial charge in [0.1, 0.15) is 17.1 Å². The maximum absolute atomic E-state index is 13.0. The minimum Gasteiger partial charge on any atom is -0.496 e. The molecular weight excluding hydrogens is 446 g/mol. The van der Waals surface area contributed by atoms with E-state index in [9.17, 15) is 9.59 Å². The highest BCUT2D eigenvalue weighted by molar-refractivity contribution is 6.01. The quantitative estimate of drug-likeness (QED) is 0.338. The fraction of sp³-hybridized carbons (Fsp3) is 0.357. The molecule has 0 bridgehead atoms. The van der Waals surface area contributed by atoms with E-state index in [1.165, 1.54) is 7.11 Å². The van der Waals surface area contributed by atoms with E-state index < -0.39 is 0 Å². The van der Waals surface area contributed by atoms with Crippen LogP contribution in [0.5, 0.6) is 11.5 Å². The Labute approximate surface area is 205 Å². The molecule has 184 valence electrons. The molecular formula is C28H31NO6. The maximum Gasteiger partial charge on any atom is 0.308 e. The molecule has 35 heavy (non-hydrogen) atoms. The van der Waals surface area contributed by atoms with E-state index in [0.29, 0.717) is 43.9 Å². The number of hydrogen-bond donors (Lipinski definition) is 0. The van der Waals surface area contributed by atoms with E-state index in [4.69, 9.17) is 18.6 Å². The average molecular weight is 478 g/mol. The van der Waals surface area contributed by atoms with E-state index >= 15 is 0 Å². The molecule has 2 heterocycles. The van der Waals surface area contributed by atoms with Crippen molar-refractivity contribution in [2.24, 2.45) is 5.92 Å². The number of hydrogen-bond acceptors (Lipinski definition) is 6. The van der Waals surface area contributed by atoms with Gasteiger partial charge in [-0.25, -0.2) is 0 Å². The fourth-order valence-electron chi connectivity index (χ4n) is 4.57. The second-order valence-electron chi connectivity index (χ2n) is 8.58. The number of carbonyl (C=O) groups is 2. The first-order valence-electron chi connectivity index (χ1n) is 11.8. The Hall–Kier alpha value is -3.74. The number of fused-ring (bicyclic) bond motifs is 1. The highest BCUT2D eigenvalue weighted by Crippen LogP contribution is 2.40. The van der Waals surface area contributed by atoms with Crippen molar-refractivity contribution in [3.63, 3.8) is 0 Å². The Kier molecular flexibility index (Phi) is 7.44. The van der Waals surface area contributed by atoms with Crippen molar-refractivity contribution in [1.29, 1.82) is 0 Å². The lowest BCUT2D eigenvalue weighted by atomic mass is 9.96. The smallest absolute Gasteiger partial charge is 0.308 e. The number of piperidine rings is 1. The van der Waals surface area contributed by atoms with Gasteiger partial charge in [0.25, 0.3) is 0 Å². The Balaban J connectivity index is 1.66. The van der Waals surface area contributed by atoms with Crippen LogP contribution in [0.25, 0.3) is 27.7 Å². The predicted octanol–water partition coefficient (Wildman–Crippen LogP) is 5.32. The largest absolute Gasteiger partial charge is 0.496 e. The molecule has 7 nitrogen and oxygen atoms in total. The number of methoxy groups -OCH3 is 2. The molecule has 0 atom stereocenters. The highest BCUT2D eigenvalue weighted by Gasteiger charge is 2.27. The van der Waals surface area contributed by atoms with Crippen molar-refractivity contribution in [2.75, 3.05) is 33.9 Å². The van der Waals surface area contributed by atoms with Gasteiger partial charge in [0.2, 0.25) is 5.91 Å². The molecule has 2 aromatic carbocycles. The second kappa shape index (κ2) is 10.7. The number of carbonyl (C=O) groups excluding carboxylic acids is 2. The molecule has 4 rings (SSSR count). The van der Waals surface area contributed by atoms with Crippen LogP contribution in [-0.2, 0) is 14.3 Å². The first-order chi connectivity index (χ1) is 17.0. The van der Waals surface area contributed by atoms with Gasteiger partial charge in [-0.1, -0.05) is 18.2 Å². The van der Waals surface area contributed by atoms with Crippen LogP contribution < -0.4 is 9.47 Å². The zero-order valence-corrected chi connectivity index (χ0v) is 20.6. The number of ether oxygens (including phenoxy) is 3. The first-order valence-corrected chi connectivity index (χ1v) is 11.8. The number of rotatable bonds is 7. The minimum atomic E-state index is -0.204. The zero-order valence-electron chi connectivity index (χ0n) is 20.6. The van der Waals surface area contributed by atoms with Gasteiger partial charge in [0.05, 0.1) is 33.0 Å². The van der Waals surface area contributed by atoms with Gasteiger partial charge in [-0.3, -0.25) is 9.59 Å². The van der Waals surface area contributed by atoms with E-state index in [1.54, 1.807) is 24.3 Å². The maximum atomic E-state index is 13.0. The van der Waals surface area contributed by atoms with Crippen LogP contribution in [-0.4, -0.2) is 50.7 Å². The third-order valence-electron chi connectivity index (χ3n) is 6.48. The van der Waals surface area contributed by atoms with Gasteiger partial charge in [0.15, 0.2) is 0 Å². The van der Waals surface area contributed by atoms with E-state index in [2.05, 4.69) is 0 Å². The SMILES string of the molecule is CCOc1cc2occ(-c3ccccc3OC)c2cc1/C(C)=C/C(=O)N1CCC(C(=O)OC)CC1. The van der Waals surface area contributed by atoms with E-state index in [1.807, 2.05) is 50.2 Å².